The molecule has 0 aliphatic carbocycles. The highest BCUT2D eigenvalue weighted by Gasteiger charge is 2.33. The predicted octanol–water partition coefficient (Wildman–Crippen LogP) is 6.91. The molecule has 0 unspecified atom stereocenters. The molecule has 1 N–H and O–H groups in total. The largest absolute Gasteiger partial charge is 0.493 e. The van der Waals surface area contributed by atoms with Crippen molar-refractivity contribution in [3.8, 4) is 47.7 Å². The number of amides is 3. The number of hydrogen-bond acceptors (Lipinski definition) is 11. The van der Waals surface area contributed by atoms with Crippen molar-refractivity contribution in [3.63, 3.8) is 0 Å². The second-order valence-corrected chi connectivity index (χ2v) is 14.0. The zero-order valence-corrected chi connectivity index (χ0v) is 33.8. The summed E-state index contributed by atoms with van der Waals surface area (Å²) in [6, 6.07) is 8.03. The highest BCUT2D eigenvalue weighted by molar-refractivity contribution is 6.03. The van der Waals surface area contributed by atoms with Gasteiger partial charge in [-0.2, -0.15) is 0 Å². The topological polar surface area (TPSA) is 164 Å². The second-order valence-electron chi connectivity index (χ2n) is 14.0. The van der Waals surface area contributed by atoms with E-state index in [0.717, 1.165) is 25.7 Å². The van der Waals surface area contributed by atoms with Gasteiger partial charge in [-0.3, -0.25) is 14.4 Å². The Bertz CT molecular complexity index is 1700. The molecule has 13 heteroatoms. The first-order chi connectivity index (χ1) is 28.0. The van der Waals surface area contributed by atoms with Crippen LogP contribution in [0.15, 0.2) is 30.3 Å². The maximum absolute atomic E-state index is 13.5. The van der Waals surface area contributed by atoms with Crippen LogP contribution in [0.1, 0.15) is 136 Å². The van der Waals surface area contributed by atoms with E-state index in [2.05, 4.69) is 17.2 Å². The van der Waals surface area contributed by atoms with Crippen LogP contribution in [0.3, 0.4) is 0 Å². The van der Waals surface area contributed by atoms with Crippen LogP contribution in [-0.2, 0) is 30.4 Å². The van der Waals surface area contributed by atoms with Gasteiger partial charge < -0.3 is 38.7 Å². The van der Waals surface area contributed by atoms with E-state index in [-0.39, 0.29) is 55.6 Å². The van der Waals surface area contributed by atoms with Crippen molar-refractivity contribution in [2.24, 2.45) is 0 Å². The molecule has 3 amide bonds. The van der Waals surface area contributed by atoms with Gasteiger partial charge in [0.1, 0.15) is 34.6 Å². The number of nitrogens with one attached hydrogen (secondary N) is 1. The highest BCUT2D eigenvalue weighted by atomic mass is 16.7. The third kappa shape index (κ3) is 17.1. The van der Waals surface area contributed by atoms with E-state index in [1.165, 1.54) is 26.0 Å². The summed E-state index contributed by atoms with van der Waals surface area (Å²) >= 11 is 0. The fourth-order valence-electron chi connectivity index (χ4n) is 5.83. The molecule has 0 saturated carbocycles. The molecule has 312 valence electrons. The van der Waals surface area contributed by atoms with Crippen LogP contribution >= 0.6 is 0 Å². The monoisotopic (exact) mass is 800 g/mol. The number of rotatable bonds is 29. The zero-order valence-electron chi connectivity index (χ0n) is 33.8. The molecule has 0 spiro atoms. The van der Waals surface area contributed by atoms with Gasteiger partial charge in [0.15, 0.2) is 0 Å². The smallest absolute Gasteiger partial charge is 0.364 e. The van der Waals surface area contributed by atoms with Gasteiger partial charge in [0, 0.05) is 62.3 Å². The Morgan fingerprint density at radius 3 is 1.60 bits per heavy atom. The Morgan fingerprint density at radius 1 is 0.638 bits per heavy atom. The van der Waals surface area contributed by atoms with Crippen LogP contribution in [-0.4, -0.2) is 73.3 Å². The first kappa shape index (κ1) is 46.6. The van der Waals surface area contributed by atoms with Crippen molar-refractivity contribution in [1.29, 1.82) is 0 Å². The first-order valence-corrected chi connectivity index (χ1v) is 20.1. The lowest BCUT2D eigenvalue weighted by Crippen LogP contribution is -2.32. The van der Waals surface area contributed by atoms with Gasteiger partial charge in [-0.05, 0) is 102 Å². The lowest BCUT2D eigenvalue weighted by Gasteiger charge is -2.19. The van der Waals surface area contributed by atoms with Gasteiger partial charge >= 0.3 is 5.97 Å². The van der Waals surface area contributed by atoms with Crippen molar-refractivity contribution in [2.75, 3.05) is 33.0 Å². The molecule has 0 aromatic heterocycles. The molecular formula is C45H56N2O11. The van der Waals surface area contributed by atoms with E-state index < -0.39 is 17.8 Å². The summed E-state index contributed by atoms with van der Waals surface area (Å²) in [5.74, 6) is 4.49. The molecule has 3 rings (SSSR count). The average molecular weight is 801 g/mol. The Labute approximate surface area is 341 Å². The SMILES string of the molecule is C#CCCCCOc1cc(OCCCCC#C)cc(C(=O)NCCCc2c(OCCCCC(C)=O)cc(C(=O)ON3C(=O)CCC3=O)cc2OCCCCC(C)=O)c1. The molecule has 2 aromatic carbocycles. The number of Topliss-reactive ketones (excluding diaryl/α,β-unsaturated/α-hetero) is 2. The Balaban J connectivity index is 1.80. The maximum Gasteiger partial charge on any atom is 0.364 e. The van der Waals surface area contributed by atoms with Crippen LogP contribution in [0, 0.1) is 24.7 Å². The van der Waals surface area contributed by atoms with Crippen LogP contribution < -0.4 is 24.3 Å². The molecule has 0 radical (unpaired) electrons. The molecule has 2 aromatic rings. The van der Waals surface area contributed by atoms with E-state index in [0.29, 0.717) is 117 Å². The first-order valence-electron chi connectivity index (χ1n) is 20.1. The molecule has 1 heterocycles. The minimum absolute atomic E-state index is 0.00533. The van der Waals surface area contributed by atoms with Crippen molar-refractivity contribution < 1.29 is 52.6 Å². The fraction of sp³-hybridized carbons (Fsp3) is 0.511. The van der Waals surface area contributed by atoms with E-state index in [4.69, 9.17) is 36.6 Å². The predicted molar refractivity (Wildman–Crippen MR) is 216 cm³/mol. The standard InChI is InChI=1S/C45H56N2O11/c1-5-7-9-13-24-54-37-28-35(29-38(32-37)55-25-14-10-8-6-2)44(52)46-23-17-20-39-40(56-26-15-11-18-33(3)48)30-36(31-41(39)57-27-16-12-19-34(4)49)45(53)58-47-42(50)21-22-43(47)51/h1-2,28-32H,7-27H2,3-4H3,(H,46,52). The lowest BCUT2D eigenvalue weighted by molar-refractivity contribution is -0.172. The summed E-state index contributed by atoms with van der Waals surface area (Å²) in [5.41, 5.74) is 0.981. The Hall–Kier alpha value is -5.82. The van der Waals surface area contributed by atoms with Gasteiger partial charge in [0.05, 0.1) is 32.0 Å². The number of unbranched alkanes of at least 4 members (excludes halogenated alkanes) is 6. The number of benzene rings is 2. The minimum atomic E-state index is -0.944. The van der Waals surface area contributed by atoms with Gasteiger partial charge in [-0.15, -0.1) is 29.8 Å². The Morgan fingerprint density at radius 2 is 1.12 bits per heavy atom. The molecule has 1 aliphatic rings. The van der Waals surface area contributed by atoms with E-state index >= 15 is 0 Å². The van der Waals surface area contributed by atoms with Crippen LogP contribution in [0.25, 0.3) is 0 Å². The van der Waals surface area contributed by atoms with Crippen LogP contribution in [0.2, 0.25) is 0 Å². The molecule has 13 nitrogen and oxygen atoms in total. The summed E-state index contributed by atoms with van der Waals surface area (Å²) in [6.45, 7) is 4.63. The van der Waals surface area contributed by atoms with Crippen LogP contribution in [0.4, 0.5) is 0 Å². The molecule has 1 saturated heterocycles. The number of imide groups is 1. The lowest BCUT2D eigenvalue weighted by atomic mass is 10.0. The molecule has 0 atom stereocenters. The number of carbonyl (C=O) groups excluding carboxylic acids is 6. The number of hydrogen-bond donors (Lipinski definition) is 1. The van der Waals surface area contributed by atoms with Gasteiger partial charge in [-0.1, -0.05) is 0 Å². The van der Waals surface area contributed by atoms with Crippen molar-refractivity contribution in [3.05, 3.63) is 47.0 Å². The van der Waals surface area contributed by atoms with Crippen molar-refractivity contribution in [2.45, 2.75) is 117 Å². The van der Waals surface area contributed by atoms with Crippen molar-refractivity contribution >= 4 is 35.3 Å². The summed E-state index contributed by atoms with van der Waals surface area (Å²) in [7, 11) is 0. The number of nitrogens with zero attached hydrogens (tertiary/aromatic N) is 1. The quantitative estimate of drug-likeness (QED) is 0.0517. The summed E-state index contributed by atoms with van der Waals surface area (Å²) in [5, 5.41) is 3.44. The number of ketones is 2. The van der Waals surface area contributed by atoms with E-state index in [1.807, 2.05) is 0 Å². The van der Waals surface area contributed by atoms with Crippen molar-refractivity contribution in [1.82, 2.24) is 10.4 Å². The molecule has 1 aliphatic heterocycles. The molecule has 0 bridgehead atoms. The average Bonchev–Trinajstić information content (AvgIpc) is 3.51. The van der Waals surface area contributed by atoms with Gasteiger partial charge in [0.2, 0.25) is 0 Å². The molecule has 1 fully saturated rings. The minimum Gasteiger partial charge on any atom is -0.493 e. The number of terminal acetylenes is 2. The van der Waals surface area contributed by atoms with E-state index in [9.17, 15) is 28.8 Å². The van der Waals surface area contributed by atoms with E-state index in [1.54, 1.807) is 18.2 Å². The normalized spacial score (nSPS) is 12.0. The summed E-state index contributed by atoms with van der Waals surface area (Å²) in [4.78, 5) is 79.3. The maximum atomic E-state index is 13.5. The number of hydroxylamine groups is 2. The van der Waals surface area contributed by atoms with Gasteiger partial charge in [-0.25, -0.2) is 4.79 Å². The van der Waals surface area contributed by atoms with Crippen LogP contribution in [0.5, 0.6) is 23.0 Å². The Kier molecular flexibility index (Phi) is 21.0. The summed E-state index contributed by atoms with van der Waals surface area (Å²) < 4.78 is 24.2. The fourth-order valence-corrected chi connectivity index (χ4v) is 5.83. The molecular weight excluding hydrogens is 744 g/mol. The van der Waals surface area contributed by atoms with Gasteiger partial charge in [0.25, 0.3) is 17.7 Å². The highest BCUT2D eigenvalue weighted by Crippen LogP contribution is 2.34. The number of carbonyl (C=O) groups is 6. The number of ether oxygens (including phenoxy) is 4. The zero-order chi connectivity index (χ0) is 42.1. The molecule has 58 heavy (non-hydrogen) atoms. The second kappa shape index (κ2) is 26.2. The third-order valence-electron chi connectivity index (χ3n) is 8.94. The summed E-state index contributed by atoms with van der Waals surface area (Å²) in [6.07, 6.45) is 19.0. The third-order valence-corrected chi connectivity index (χ3v) is 8.94.